The molecule has 1 N–H and O–H groups in total. The fraction of sp³-hybridized carbons (Fsp3) is 0.500. The smallest absolute Gasteiger partial charge is 0.246 e. The van der Waals surface area contributed by atoms with Gasteiger partial charge < -0.3 is 15.0 Å². The van der Waals surface area contributed by atoms with E-state index in [0.717, 1.165) is 0 Å². The van der Waals surface area contributed by atoms with E-state index < -0.39 is 10.8 Å². The number of likely N-dealkylation sites (tertiary alicyclic amines) is 1. The Bertz CT molecular complexity index is 632. The van der Waals surface area contributed by atoms with Crippen LogP contribution in [0.4, 0.5) is 0 Å². The maximum Gasteiger partial charge on any atom is 0.246 e. The predicted octanol–water partition coefficient (Wildman–Crippen LogP) is 1.94. The molecule has 0 radical (unpaired) electrons. The van der Waals surface area contributed by atoms with Gasteiger partial charge in [0.25, 0.3) is 0 Å². The van der Waals surface area contributed by atoms with Gasteiger partial charge >= 0.3 is 0 Å². The Labute approximate surface area is 144 Å². The normalized spacial score (nSPS) is 23.9. The summed E-state index contributed by atoms with van der Waals surface area (Å²) in [6.45, 7) is 4.77. The van der Waals surface area contributed by atoms with E-state index >= 15 is 0 Å². The van der Waals surface area contributed by atoms with Crippen LogP contribution in [0.3, 0.4) is 0 Å². The highest BCUT2D eigenvalue weighted by atomic mass is 35.5. The zero-order chi connectivity index (χ0) is 16.6. The van der Waals surface area contributed by atoms with E-state index in [-0.39, 0.29) is 17.9 Å². The molecule has 0 saturated carbocycles. The van der Waals surface area contributed by atoms with Crippen molar-refractivity contribution < 1.29 is 14.3 Å². The van der Waals surface area contributed by atoms with E-state index in [1.165, 1.54) is 11.8 Å². The minimum atomic E-state index is -0.471. The number of carbonyl (C=O) groups is 2. The number of ether oxygens (including phenoxy) is 1. The van der Waals surface area contributed by atoms with E-state index in [0.29, 0.717) is 29.6 Å². The van der Waals surface area contributed by atoms with Crippen molar-refractivity contribution >= 4 is 35.2 Å². The highest BCUT2D eigenvalue weighted by Crippen LogP contribution is 2.31. The van der Waals surface area contributed by atoms with Gasteiger partial charge in [0.05, 0.1) is 22.9 Å². The van der Waals surface area contributed by atoms with Gasteiger partial charge in [-0.2, -0.15) is 0 Å². The van der Waals surface area contributed by atoms with Gasteiger partial charge in [-0.1, -0.05) is 23.7 Å². The first-order chi connectivity index (χ1) is 10.9. The molecule has 7 heteroatoms. The molecular formula is C16H19ClN2O3S. The molecule has 1 aromatic rings. The first-order valence-electron chi connectivity index (χ1n) is 7.52. The molecule has 0 bridgehead atoms. The van der Waals surface area contributed by atoms with Crippen molar-refractivity contribution in [3.8, 4) is 5.75 Å². The van der Waals surface area contributed by atoms with E-state index in [9.17, 15) is 9.59 Å². The summed E-state index contributed by atoms with van der Waals surface area (Å²) in [5.41, 5.74) is 0. The predicted molar refractivity (Wildman–Crippen MR) is 90.9 cm³/mol. The van der Waals surface area contributed by atoms with E-state index in [2.05, 4.69) is 5.32 Å². The molecule has 23 heavy (non-hydrogen) atoms. The van der Waals surface area contributed by atoms with Crippen molar-refractivity contribution in [2.24, 2.45) is 0 Å². The molecule has 5 nitrogen and oxygen atoms in total. The van der Waals surface area contributed by atoms with E-state index in [4.69, 9.17) is 16.3 Å². The van der Waals surface area contributed by atoms with Crippen molar-refractivity contribution in [2.45, 2.75) is 30.7 Å². The monoisotopic (exact) mass is 354 g/mol. The summed E-state index contributed by atoms with van der Waals surface area (Å²) in [6.07, 6.45) is -0.0535. The summed E-state index contributed by atoms with van der Waals surface area (Å²) in [4.78, 5) is 26.1. The zero-order valence-corrected chi connectivity index (χ0v) is 14.6. The standard InChI is InChI=1S/C16H19ClN2O3S/c1-16(2)15(21)18-12(9-23-16)14(20)19-7-10(8-19)22-13-6-4-3-5-11(13)17/h3-6,10,12H,7-9H2,1-2H3,(H,18,21)/t12-/m0/s1. The first kappa shape index (κ1) is 16.5. The van der Waals surface area contributed by atoms with Gasteiger partial charge in [0.1, 0.15) is 17.9 Å². The number of para-hydroxylation sites is 1. The minimum absolute atomic E-state index is 0.0413. The number of benzene rings is 1. The molecule has 2 aliphatic rings. The van der Waals surface area contributed by atoms with E-state index in [1.54, 1.807) is 11.0 Å². The maximum atomic E-state index is 12.4. The molecular weight excluding hydrogens is 336 g/mol. The Balaban J connectivity index is 1.51. The molecule has 2 saturated heterocycles. The molecule has 124 valence electrons. The third kappa shape index (κ3) is 3.43. The van der Waals surface area contributed by atoms with Crippen LogP contribution in [-0.4, -0.2) is 52.4 Å². The van der Waals surface area contributed by atoms with Gasteiger partial charge in [0.15, 0.2) is 0 Å². The quantitative estimate of drug-likeness (QED) is 0.901. The van der Waals surface area contributed by atoms with E-state index in [1.807, 2.05) is 32.0 Å². The lowest BCUT2D eigenvalue weighted by Gasteiger charge is -2.42. The highest BCUT2D eigenvalue weighted by molar-refractivity contribution is 8.01. The van der Waals surface area contributed by atoms with Crippen LogP contribution in [0.1, 0.15) is 13.8 Å². The number of halogens is 1. The van der Waals surface area contributed by atoms with Crippen molar-refractivity contribution in [1.82, 2.24) is 10.2 Å². The average molecular weight is 355 g/mol. The van der Waals surface area contributed by atoms with Crippen LogP contribution >= 0.6 is 23.4 Å². The summed E-state index contributed by atoms with van der Waals surface area (Å²) in [7, 11) is 0. The molecule has 0 unspecified atom stereocenters. The fourth-order valence-electron chi connectivity index (χ4n) is 2.50. The largest absolute Gasteiger partial charge is 0.485 e. The number of rotatable bonds is 3. The maximum absolute atomic E-state index is 12.4. The molecule has 2 amide bonds. The molecule has 0 spiro atoms. The van der Waals surface area contributed by atoms with Gasteiger partial charge in [0, 0.05) is 5.75 Å². The van der Waals surface area contributed by atoms with Gasteiger partial charge in [-0.25, -0.2) is 0 Å². The average Bonchev–Trinajstić information content (AvgIpc) is 2.46. The lowest BCUT2D eigenvalue weighted by molar-refractivity contribution is -0.144. The van der Waals surface area contributed by atoms with Crippen LogP contribution in [0.2, 0.25) is 5.02 Å². The van der Waals surface area contributed by atoms with Crippen molar-refractivity contribution in [2.75, 3.05) is 18.8 Å². The van der Waals surface area contributed by atoms with Crippen LogP contribution in [0.15, 0.2) is 24.3 Å². The van der Waals surface area contributed by atoms with Crippen LogP contribution in [0.5, 0.6) is 5.75 Å². The summed E-state index contributed by atoms with van der Waals surface area (Å²) in [5.74, 6) is 1.11. The molecule has 2 aliphatic heterocycles. The summed E-state index contributed by atoms with van der Waals surface area (Å²) < 4.78 is 5.31. The number of hydrogen-bond acceptors (Lipinski definition) is 4. The Morgan fingerprint density at radius 3 is 2.74 bits per heavy atom. The molecule has 2 fully saturated rings. The number of nitrogens with one attached hydrogen (secondary N) is 1. The number of carbonyl (C=O) groups excluding carboxylic acids is 2. The zero-order valence-electron chi connectivity index (χ0n) is 13.0. The SMILES string of the molecule is CC1(C)SC[C@@H](C(=O)N2CC(Oc3ccccc3Cl)C2)NC1=O. The fourth-order valence-corrected chi connectivity index (χ4v) is 3.68. The molecule has 2 heterocycles. The Hall–Kier alpha value is -1.40. The Kier molecular flexibility index (Phi) is 4.47. The van der Waals surface area contributed by atoms with Gasteiger partial charge in [-0.3, -0.25) is 9.59 Å². The summed E-state index contributed by atoms with van der Waals surface area (Å²) in [6, 6.07) is 6.85. The van der Waals surface area contributed by atoms with Gasteiger partial charge in [0.2, 0.25) is 11.8 Å². The Morgan fingerprint density at radius 1 is 1.39 bits per heavy atom. The lowest BCUT2D eigenvalue weighted by atomic mass is 10.1. The number of thioether (sulfide) groups is 1. The minimum Gasteiger partial charge on any atom is -0.485 e. The summed E-state index contributed by atoms with van der Waals surface area (Å²) >= 11 is 7.57. The summed E-state index contributed by atoms with van der Waals surface area (Å²) in [5, 5.41) is 3.38. The lowest BCUT2D eigenvalue weighted by Crippen LogP contribution is -2.64. The first-order valence-corrected chi connectivity index (χ1v) is 8.88. The molecule has 0 aliphatic carbocycles. The topological polar surface area (TPSA) is 58.6 Å². The highest BCUT2D eigenvalue weighted by Gasteiger charge is 2.42. The molecule has 3 rings (SSSR count). The van der Waals surface area contributed by atoms with Crippen LogP contribution in [-0.2, 0) is 9.59 Å². The Morgan fingerprint density at radius 2 is 2.09 bits per heavy atom. The number of hydrogen-bond donors (Lipinski definition) is 1. The van der Waals surface area contributed by atoms with Crippen molar-refractivity contribution in [3.05, 3.63) is 29.3 Å². The van der Waals surface area contributed by atoms with Gasteiger partial charge in [-0.05, 0) is 26.0 Å². The van der Waals surface area contributed by atoms with Crippen molar-refractivity contribution in [3.63, 3.8) is 0 Å². The number of nitrogens with zero attached hydrogens (tertiary/aromatic N) is 1. The van der Waals surface area contributed by atoms with Crippen LogP contribution < -0.4 is 10.1 Å². The molecule has 0 aromatic heterocycles. The molecule has 1 aromatic carbocycles. The second-order valence-electron chi connectivity index (χ2n) is 6.26. The van der Waals surface area contributed by atoms with Crippen LogP contribution in [0.25, 0.3) is 0 Å². The van der Waals surface area contributed by atoms with Crippen molar-refractivity contribution in [1.29, 1.82) is 0 Å². The van der Waals surface area contributed by atoms with Gasteiger partial charge in [-0.15, -0.1) is 11.8 Å². The third-order valence-electron chi connectivity index (χ3n) is 4.05. The number of amides is 2. The second kappa shape index (κ2) is 6.24. The third-order valence-corrected chi connectivity index (χ3v) is 5.77. The van der Waals surface area contributed by atoms with Crippen LogP contribution in [0, 0.1) is 0 Å². The second-order valence-corrected chi connectivity index (χ2v) is 8.31. The molecule has 1 atom stereocenters.